The van der Waals surface area contributed by atoms with E-state index in [1.165, 1.54) is 0 Å². The number of rotatable bonds is 3. The Morgan fingerprint density at radius 1 is 1.16 bits per heavy atom. The molecule has 100 valence electrons. The number of anilines is 2. The number of nitrogens with two attached hydrogens (primary N) is 1. The van der Waals surface area contributed by atoms with Crippen LogP contribution in [0.3, 0.4) is 0 Å². The van der Waals surface area contributed by atoms with Crippen LogP contribution >= 0.6 is 0 Å². The Hall–Kier alpha value is -2.14. The summed E-state index contributed by atoms with van der Waals surface area (Å²) in [5.41, 5.74) is 7.35. The molecule has 0 aliphatic rings. The van der Waals surface area contributed by atoms with Gasteiger partial charge in [0.1, 0.15) is 5.82 Å². The maximum absolute atomic E-state index is 9.92. The largest absolute Gasteiger partial charge is 0.386 e. The van der Waals surface area contributed by atoms with Gasteiger partial charge < -0.3 is 16.2 Å². The minimum atomic E-state index is -0.848. The topological polar surface area (TPSA) is 84.1 Å². The molecule has 1 heterocycles. The minimum Gasteiger partial charge on any atom is -0.386 e. The van der Waals surface area contributed by atoms with E-state index in [9.17, 15) is 5.11 Å². The Bertz CT molecular complexity index is 573. The third-order valence-electron chi connectivity index (χ3n) is 2.89. The van der Waals surface area contributed by atoms with Gasteiger partial charge in [0.05, 0.1) is 11.3 Å². The van der Waals surface area contributed by atoms with Gasteiger partial charge in [0.2, 0.25) is 5.95 Å². The lowest BCUT2D eigenvalue weighted by atomic mass is 9.97. The molecule has 0 amide bonds. The highest BCUT2D eigenvalue weighted by Gasteiger charge is 2.15. The van der Waals surface area contributed by atoms with Crippen LogP contribution in [0.15, 0.2) is 30.3 Å². The van der Waals surface area contributed by atoms with E-state index in [0.29, 0.717) is 5.82 Å². The maximum Gasteiger partial charge on any atom is 0.222 e. The average molecular weight is 258 g/mol. The summed E-state index contributed by atoms with van der Waals surface area (Å²) in [7, 11) is 1.78. The molecule has 0 atom stereocenters. The molecule has 0 spiro atoms. The number of nitrogens with zero attached hydrogens (tertiary/aromatic N) is 2. The van der Waals surface area contributed by atoms with Crippen molar-refractivity contribution >= 4 is 11.8 Å². The molecule has 2 rings (SSSR count). The van der Waals surface area contributed by atoms with Crippen LogP contribution in [0.2, 0.25) is 0 Å². The number of hydrogen-bond donors (Lipinski definition) is 3. The van der Waals surface area contributed by atoms with E-state index in [1.54, 1.807) is 20.9 Å². The molecule has 4 N–H and O–H groups in total. The van der Waals surface area contributed by atoms with Crippen LogP contribution in [0.25, 0.3) is 11.3 Å². The van der Waals surface area contributed by atoms with E-state index < -0.39 is 5.60 Å². The fourth-order valence-electron chi connectivity index (χ4n) is 1.79. The number of aliphatic hydroxyl groups is 1. The predicted molar refractivity (Wildman–Crippen MR) is 76.7 cm³/mol. The first-order valence-electron chi connectivity index (χ1n) is 6.06. The summed E-state index contributed by atoms with van der Waals surface area (Å²) in [5.74, 6) is 0.905. The van der Waals surface area contributed by atoms with Crippen LogP contribution < -0.4 is 11.1 Å². The summed E-state index contributed by atoms with van der Waals surface area (Å²) < 4.78 is 0. The molecule has 0 aliphatic carbocycles. The van der Waals surface area contributed by atoms with E-state index in [4.69, 9.17) is 5.73 Å². The van der Waals surface area contributed by atoms with Gasteiger partial charge in [-0.15, -0.1) is 0 Å². The van der Waals surface area contributed by atoms with Gasteiger partial charge in [-0.2, -0.15) is 4.98 Å². The van der Waals surface area contributed by atoms with Crippen molar-refractivity contribution in [1.82, 2.24) is 9.97 Å². The van der Waals surface area contributed by atoms with Crippen molar-refractivity contribution in [2.75, 3.05) is 18.1 Å². The van der Waals surface area contributed by atoms with Crippen LogP contribution in [0.1, 0.15) is 19.4 Å². The highest BCUT2D eigenvalue weighted by atomic mass is 16.3. The summed E-state index contributed by atoms with van der Waals surface area (Å²) in [4.78, 5) is 8.26. The zero-order chi connectivity index (χ0) is 14.0. The van der Waals surface area contributed by atoms with Crippen LogP contribution in [-0.2, 0) is 5.60 Å². The molecular weight excluding hydrogens is 240 g/mol. The Labute approximate surface area is 112 Å². The van der Waals surface area contributed by atoms with Gasteiger partial charge in [-0.3, -0.25) is 0 Å². The second-order valence-electron chi connectivity index (χ2n) is 4.88. The van der Waals surface area contributed by atoms with Crippen LogP contribution in [-0.4, -0.2) is 22.1 Å². The van der Waals surface area contributed by atoms with Crippen molar-refractivity contribution in [2.24, 2.45) is 0 Å². The summed E-state index contributed by atoms with van der Waals surface area (Å²) in [6.07, 6.45) is 0. The van der Waals surface area contributed by atoms with Crippen LogP contribution in [0.5, 0.6) is 0 Å². The third-order valence-corrected chi connectivity index (χ3v) is 2.89. The van der Waals surface area contributed by atoms with Crippen molar-refractivity contribution in [3.63, 3.8) is 0 Å². The number of nitrogen functional groups attached to an aromatic ring is 1. The van der Waals surface area contributed by atoms with Gasteiger partial charge in [-0.1, -0.05) is 24.3 Å². The maximum atomic E-state index is 9.92. The fourth-order valence-corrected chi connectivity index (χ4v) is 1.79. The van der Waals surface area contributed by atoms with Crippen LogP contribution in [0, 0.1) is 0 Å². The Morgan fingerprint density at radius 3 is 2.32 bits per heavy atom. The highest BCUT2D eigenvalue weighted by molar-refractivity contribution is 5.64. The number of nitrogens with one attached hydrogen (secondary N) is 1. The van der Waals surface area contributed by atoms with E-state index in [1.807, 2.05) is 30.3 Å². The summed E-state index contributed by atoms with van der Waals surface area (Å²) >= 11 is 0. The summed E-state index contributed by atoms with van der Waals surface area (Å²) in [6, 6.07) is 9.41. The molecule has 0 fully saturated rings. The number of aromatic nitrogens is 2. The fraction of sp³-hybridized carbons (Fsp3) is 0.286. The molecule has 1 aromatic heterocycles. The Kier molecular flexibility index (Phi) is 3.40. The van der Waals surface area contributed by atoms with Gasteiger partial charge in [0.25, 0.3) is 0 Å². The molecular formula is C14H18N4O. The van der Waals surface area contributed by atoms with E-state index in [0.717, 1.165) is 16.8 Å². The van der Waals surface area contributed by atoms with Crippen molar-refractivity contribution in [3.8, 4) is 11.3 Å². The first kappa shape index (κ1) is 13.3. The molecule has 5 nitrogen and oxygen atoms in total. The smallest absolute Gasteiger partial charge is 0.222 e. The van der Waals surface area contributed by atoms with Crippen molar-refractivity contribution in [2.45, 2.75) is 19.4 Å². The van der Waals surface area contributed by atoms with Gasteiger partial charge in [0.15, 0.2) is 0 Å². The lowest BCUT2D eigenvalue weighted by Crippen LogP contribution is -2.14. The first-order chi connectivity index (χ1) is 8.90. The van der Waals surface area contributed by atoms with Crippen molar-refractivity contribution in [1.29, 1.82) is 0 Å². The average Bonchev–Trinajstić information content (AvgIpc) is 2.37. The molecule has 2 aromatic rings. The second-order valence-corrected chi connectivity index (χ2v) is 4.88. The van der Waals surface area contributed by atoms with Gasteiger partial charge in [-0.25, -0.2) is 4.98 Å². The Morgan fingerprint density at radius 2 is 1.79 bits per heavy atom. The second kappa shape index (κ2) is 4.85. The predicted octanol–water partition coefficient (Wildman–Crippen LogP) is 1.99. The van der Waals surface area contributed by atoms with E-state index in [2.05, 4.69) is 15.3 Å². The zero-order valence-electron chi connectivity index (χ0n) is 11.3. The minimum absolute atomic E-state index is 0.230. The van der Waals surface area contributed by atoms with E-state index >= 15 is 0 Å². The summed E-state index contributed by atoms with van der Waals surface area (Å²) in [6.45, 7) is 3.51. The van der Waals surface area contributed by atoms with E-state index in [-0.39, 0.29) is 5.95 Å². The quantitative estimate of drug-likeness (QED) is 0.784. The molecule has 0 bridgehead atoms. The third kappa shape index (κ3) is 3.00. The number of hydrogen-bond acceptors (Lipinski definition) is 5. The lowest BCUT2D eigenvalue weighted by Gasteiger charge is -2.17. The monoisotopic (exact) mass is 258 g/mol. The molecule has 0 saturated heterocycles. The molecule has 0 saturated carbocycles. The van der Waals surface area contributed by atoms with Gasteiger partial charge in [0, 0.05) is 18.7 Å². The van der Waals surface area contributed by atoms with Crippen molar-refractivity contribution < 1.29 is 5.11 Å². The lowest BCUT2D eigenvalue weighted by molar-refractivity contribution is 0.0786. The molecule has 0 unspecified atom stereocenters. The molecule has 19 heavy (non-hydrogen) atoms. The number of benzene rings is 1. The zero-order valence-corrected chi connectivity index (χ0v) is 11.3. The first-order valence-corrected chi connectivity index (χ1v) is 6.06. The highest BCUT2D eigenvalue weighted by Crippen LogP contribution is 2.25. The van der Waals surface area contributed by atoms with Crippen molar-refractivity contribution in [3.05, 3.63) is 35.9 Å². The van der Waals surface area contributed by atoms with Crippen LogP contribution in [0.4, 0.5) is 11.8 Å². The van der Waals surface area contributed by atoms with Gasteiger partial charge in [-0.05, 0) is 19.4 Å². The molecule has 5 heteroatoms. The normalized spacial score (nSPS) is 11.4. The molecule has 1 aromatic carbocycles. The molecule has 0 radical (unpaired) electrons. The Balaban J connectivity index is 2.40. The van der Waals surface area contributed by atoms with Gasteiger partial charge >= 0.3 is 0 Å². The molecule has 0 aliphatic heterocycles. The standard InChI is InChI=1S/C14H18N4O/c1-14(2,19)10-6-4-9(5-7-10)11-8-12(16-3)18-13(15)17-11/h4-8,19H,1-3H3,(H3,15,16,17,18). The SMILES string of the molecule is CNc1cc(-c2ccc(C(C)(C)O)cc2)nc(N)n1. The summed E-state index contributed by atoms with van der Waals surface area (Å²) in [5, 5.41) is 12.9.